The number of carbonyl (C=O) groups is 2. The Kier molecular flexibility index (Phi) is 4.16. The molecule has 1 aromatic rings. The van der Waals surface area contributed by atoms with Gasteiger partial charge in [-0.2, -0.15) is 0 Å². The van der Waals surface area contributed by atoms with E-state index in [0.717, 1.165) is 0 Å². The Hall–Kier alpha value is -1.33. The molecule has 0 aromatic heterocycles. The fraction of sp³-hybridized carbons (Fsp3) is 0. The summed E-state index contributed by atoms with van der Waals surface area (Å²) in [6, 6.07) is 5.48. The molecule has 0 heterocycles. The Bertz CT molecular complexity index is 302. The van der Waals surface area contributed by atoms with Gasteiger partial charge in [-0.3, -0.25) is 0 Å². The van der Waals surface area contributed by atoms with Crippen molar-refractivity contribution in [3.63, 3.8) is 0 Å². The Morgan fingerprint density at radius 2 is 1.23 bits per heavy atom. The van der Waals surface area contributed by atoms with E-state index in [1.807, 2.05) is 0 Å². The van der Waals surface area contributed by atoms with Crippen LogP contribution < -0.4 is 0 Å². The molecule has 1 aromatic carbocycles. The van der Waals surface area contributed by atoms with E-state index < -0.39 is 11.9 Å². The van der Waals surface area contributed by atoms with Gasteiger partial charge in [0.15, 0.2) is 0 Å². The van der Waals surface area contributed by atoms with Crippen molar-refractivity contribution in [1.29, 1.82) is 0 Å². The van der Waals surface area contributed by atoms with Crippen LogP contribution in [0.15, 0.2) is 24.3 Å². The molecule has 0 amide bonds. The molecule has 0 atom stereocenters. The summed E-state index contributed by atoms with van der Waals surface area (Å²) in [6.45, 7) is 0. The van der Waals surface area contributed by atoms with E-state index in [9.17, 15) is 9.59 Å². The van der Waals surface area contributed by atoms with Crippen LogP contribution in [0.5, 0.6) is 0 Å². The predicted octanol–water partition coefficient (Wildman–Crippen LogP) is 1.08. The molecule has 0 aliphatic heterocycles. The van der Waals surface area contributed by atoms with Crippen molar-refractivity contribution in [3.8, 4) is 0 Å². The Morgan fingerprint density at radius 3 is 1.46 bits per heavy atom. The Morgan fingerprint density at radius 1 is 0.923 bits per heavy atom. The molecule has 0 unspecified atom stereocenters. The van der Waals surface area contributed by atoms with E-state index in [2.05, 4.69) is 0 Å². The van der Waals surface area contributed by atoms with Gasteiger partial charge in [-0.15, -0.1) is 0 Å². The standard InChI is InChI=1S/C8H6O4.Co/c9-7(10)5-3-1-2-4-6(5)8(11)12;/h1-4H,(H,9,10)(H,11,12);/q;+2. The molecule has 0 bridgehead atoms. The Balaban J connectivity index is 0.00000144. The summed E-state index contributed by atoms with van der Waals surface area (Å²) in [5, 5.41) is 17.1. The minimum absolute atomic E-state index is 0. The fourth-order valence-corrected chi connectivity index (χ4v) is 0.856. The molecular formula is C8H6CoO4+2. The maximum Gasteiger partial charge on any atom is 2.00 e. The van der Waals surface area contributed by atoms with Gasteiger partial charge in [-0.1, -0.05) is 12.1 Å². The zero-order valence-electron chi connectivity index (χ0n) is 6.35. The van der Waals surface area contributed by atoms with E-state index in [-0.39, 0.29) is 27.9 Å². The minimum Gasteiger partial charge on any atom is -0.478 e. The van der Waals surface area contributed by atoms with Gasteiger partial charge in [0.2, 0.25) is 0 Å². The minimum atomic E-state index is -1.23. The quantitative estimate of drug-likeness (QED) is 0.789. The number of rotatable bonds is 2. The monoisotopic (exact) mass is 225 g/mol. The molecule has 1 rings (SSSR count). The van der Waals surface area contributed by atoms with Crippen molar-refractivity contribution < 1.29 is 36.6 Å². The zero-order chi connectivity index (χ0) is 9.14. The number of aromatic carboxylic acids is 2. The van der Waals surface area contributed by atoms with Gasteiger partial charge < -0.3 is 10.2 Å². The summed E-state index contributed by atoms with van der Waals surface area (Å²) in [5.74, 6) is -2.46. The van der Waals surface area contributed by atoms with Crippen molar-refractivity contribution in [3.05, 3.63) is 35.4 Å². The van der Waals surface area contributed by atoms with Gasteiger partial charge in [0.1, 0.15) is 0 Å². The molecule has 0 fully saturated rings. The molecule has 69 valence electrons. The van der Waals surface area contributed by atoms with Crippen LogP contribution in [0.2, 0.25) is 0 Å². The first-order valence-corrected chi connectivity index (χ1v) is 3.18. The van der Waals surface area contributed by atoms with Crippen molar-refractivity contribution in [2.45, 2.75) is 0 Å². The first kappa shape index (κ1) is 11.7. The summed E-state index contributed by atoms with van der Waals surface area (Å²) in [5.41, 5.74) is -0.380. The van der Waals surface area contributed by atoms with Gasteiger partial charge in [-0.25, -0.2) is 9.59 Å². The zero-order valence-corrected chi connectivity index (χ0v) is 7.39. The summed E-state index contributed by atoms with van der Waals surface area (Å²) in [7, 11) is 0. The Labute approximate surface area is 84.4 Å². The van der Waals surface area contributed by atoms with Gasteiger partial charge in [-0.05, 0) is 12.1 Å². The van der Waals surface area contributed by atoms with Crippen molar-refractivity contribution >= 4 is 11.9 Å². The maximum absolute atomic E-state index is 10.5. The summed E-state index contributed by atoms with van der Waals surface area (Å²) < 4.78 is 0. The SMILES string of the molecule is O=C(O)c1ccccc1C(=O)O.[Co+2]. The molecule has 0 aliphatic rings. The second kappa shape index (κ2) is 4.63. The predicted molar refractivity (Wildman–Crippen MR) is 40.4 cm³/mol. The second-order valence-corrected chi connectivity index (χ2v) is 2.16. The van der Waals surface area contributed by atoms with E-state index >= 15 is 0 Å². The third kappa shape index (κ3) is 2.57. The smallest absolute Gasteiger partial charge is 0.478 e. The number of benzene rings is 1. The van der Waals surface area contributed by atoms with E-state index in [4.69, 9.17) is 10.2 Å². The molecular weight excluding hydrogens is 219 g/mol. The van der Waals surface area contributed by atoms with Crippen LogP contribution >= 0.6 is 0 Å². The van der Waals surface area contributed by atoms with E-state index in [1.54, 1.807) is 0 Å². The third-order valence-electron chi connectivity index (χ3n) is 1.39. The van der Waals surface area contributed by atoms with Crippen molar-refractivity contribution in [2.24, 2.45) is 0 Å². The maximum atomic E-state index is 10.5. The largest absolute Gasteiger partial charge is 2.00 e. The third-order valence-corrected chi connectivity index (χ3v) is 1.39. The molecule has 1 radical (unpaired) electrons. The molecule has 0 aliphatic carbocycles. The second-order valence-electron chi connectivity index (χ2n) is 2.16. The molecule has 4 nitrogen and oxygen atoms in total. The number of carboxylic acid groups (broad SMARTS) is 2. The van der Waals surface area contributed by atoms with Gasteiger partial charge >= 0.3 is 28.7 Å². The topological polar surface area (TPSA) is 74.6 Å². The van der Waals surface area contributed by atoms with Gasteiger partial charge in [0.05, 0.1) is 11.1 Å². The van der Waals surface area contributed by atoms with Gasteiger partial charge in [0, 0.05) is 0 Å². The number of hydrogen-bond acceptors (Lipinski definition) is 2. The number of hydrogen-bond donors (Lipinski definition) is 2. The molecule has 0 saturated heterocycles. The first-order chi connectivity index (χ1) is 5.63. The van der Waals surface area contributed by atoms with Crippen LogP contribution in [0, 0.1) is 0 Å². The van der Waals surface area contributed by atoms with Crippen LogP contribution in [0.4, 0.5) is 0 Å². The molecule has 0 spiro atoms. The van der Waals surface area contributed by atoms with Crippen molar-refractivity contribution in [2.75, 3.05) is 0 Å². The summed E-state index contributed by atoms with van der Waals surface area (Å²) in [6.07, 6.45) is 0. The van der Waals surface area contributed by atoms with Crippen LogP contribution in [0.3, 0.4) is 0 Å². The van der Waals surface area contributed by atoms with Crippen molar-refractivity contribution in [1.82, 2.24) is 0 Å². The molecule has 13 heavy (non-hydrogen) atoms. The molecule has 2 N–H and O–H groups in total. The van der Waals surface area contributed by atoms with Crippen LogP contribution in [-0.2, 0) is 16.8 Å². The average molecular weight is 225 g/mol. The summed E-state index contributed by atoms with van der Waals surface area (Å²) >= 11 is 0. The van der Waals surface area contributed by atoms with E-state index in [1.165, 1.54) is 24.3 Å². The van der Waals surface area contributed by atoms with E-state index in [0.29, 0.717) is 0 Å². The average Bonchev–Trinajstić information content (AvgIpc) is 2.04. The van der Waals surface area contributed by atoms with Crippen LogP contribution in [-0.4, -0.2) is 22.2 Å². The number of carboxylic acids is 2. The van der Waals surface area contributed by atoms with Crippen LogP contribution in [0.25, 0.3) is 0 Å². The van der Waals surface area contributed by atoms with Gasteiger partial charge in [0.25, 0.3) is 0 Å². The molecule has 5 heteroatoms. The normalized spacial score (nSPS) is 8.62. The van der Waals surface area contributed by atoms with Crippen LogP contribution in [0.1, 0.15) is 20.7 Å². The first-order valence-electron chi connectivity index (χ1n) is 3.18. The summed E-state index contributed by atoms with van der Waals surface area (Å²) in [4.78, 5) is 20.9. The molecule has 0 saturated carbocycles. The fourth-order valence-electron chi connectivity index (χ4n) is 0.856.